The molecule has 0 saturated heterocycles. The quantitative estimate of drug-likeness (QED) is 0.849. The van der Waals surface area contributed by atoms with E-state index in [2.05, 4.69) is 10.3 Å². The number of nitrogens with zero attached hydrogens (tertiary/aromatic N) is 1. The van der Waals surface area contributed by atoms with Crippen LogP contribution in [0.2, 0.25) is 0 Å². The van der Waals surface area contributed by atoms with Crippen LogP contribution < -0.4 is 5.32 Å². The molecule has 1 aromatic heterocycles. The first-order chi connectivity index (χ1) is 8.57. The molecule has 0 radical (unpaired) electrons. The normalized spacial score (nSPS) is 12.9. The third-order valence-corrected chi connectivity index (χ3v) is 3.34. The Balaban J connectivity index is 2.34. The third kappa shape index (κ3) is 3.06. The largest absolute Gasteiger partial charge is 0.746 e. The van der Waals surface area contributed by atoms with Crippen molar-refractivity contribution >= 4 is 15.8 Å². The van der Waals surface area contributed by atoms with Gasteiger partial charge in [0.1, 0.15) is 15.5 Å². The van der Waals surface area contributed by atoms with Gasteiger partial charge in [-0.2, -0.15) is 0 Å². The van der Waals surface area contributed by atoms with Crippen molar-refractivity contribution in [1.29, 1.82) is 0 Å². The Morgan fingerprint density at radius 2 is 1.67 bits per heavy atom. The van der Waals surface area contributed by atoms with Crippen LogP contribution >= 0.6 is 0 Å². The van der Waals surface area contributed by atoms with E-state index < -0.39 is 15.5 Å². The van der Waals surface area contributed by atoms with E-state index in [0.29, 0.717) is 11.3 Å². The van der Waals surface area contributed by atoms with E-state index in [1.54, 1.807) is 30.3 Å². The summed E-state index contributed by atoms with van der Waals surface area (Å²) < 4.78 is 33.9. The Hall–Kier alpha value is -1.92. The number of para-hydroxylation sites is 1. The molecule has 0 bridgehead atoms. The van der Waals surface area contributed by atoms with E-state index >= 15 is 0 Å². The fourth-order valence-electron chi connectivity index (χ4n) is 1.55. The van der Waals surface area contributed by atoms with Crippen LogP contribution in [0.3, 0.4) is 0 Å². The van der Waals surface area contributed by atoms with Gasteiger partial charge in [0, 0.05) is 18.1 Å². The number of benzene rings is 1. The average molecular weight is 263 g/mol. The Labute approximate surface area is 105 Å². The lowest BCUT2D eigenvalue weighted by atomic mass is 10.2. The summed E-state index contributed by atoms with van der Waals surface area (Å²) in [6.45, 7) is 0. The van der Waals surface area contributed by atoms with Gasteiger partial charge >= 0.3 is 0 Å². The van der Waals surface area contributed by atoms with E-state index in [4.69, 9.17) is 0 Å². The molecule has 0 aliphatic carbocycles. The van der Waals surface area contributed by atoms with Gasteiger partial charge < -0.3 is 9.87 Å². The lowest BCUT2D eigenvalue weighted by Gasteiger charge is -2.23. The minimum atomic E-state index is -4.51. The number of hydrogen-bond acceptors (Lipinski definition) is 5. The maximum absolute atomic E-state index is 11.3. The highest BCUT2D eigenvalue weighted by molar-refractivity contribution is 7.86. The van der Waals surface area contributed by atoms with Crippen LogP contribution in [-0.4, -0.2) is 18.0 Å². The van der Waals surface area contributed by atoms with Crippen LogP contribution in [0.15, 0.2) is 54.9 Å². The summed E-state index contributed by atoms with van der Waals surface area (Å²) in [5.74, 6) is 0. The Bertz CT molecular complexity index is 600. The highest BCUT2D eigenvalue weighted by Crippen LogP contribution is 2.23. The number of aromatic nitrogens is 1. The van der Waals surface area contributed by atoms with Gasteiger partial charge in [-0.15, -0.1) is 0 Å². The summed E-state index contributed by atoms with van der Waals surface area (Å²) in [5, 5.41) is 1.39. The molecule has 0 spiro atoms. The van der Waals surface area contributed by atoms with Crippen LogP contribution in [0.25, 0.3) is 0 Å². The van der Waals surface area contributed by atoms with Crippen molar-refractivity contribution in [3.8, 4) is 0 Å². The van der Waals surface area contributed by atoms with Crippen LogP contribution in [0.1, 0.15) is 10.9 Å². The van der Waals surface area contributed by atoms with Crippen molar-refractivity contribution in [3.63, 3.8) is 0 Å². The SMILES string of the molecule is O=S(=O)([O-])C(Nc1ccccc1)c1ccncc1. The molecular formula is C12H11N2O3S-. The van der Waals surface area contributed by atoms with Gasteiger partial charge in [-0.25, -0.2) is 8.42 Å². The molecule has 1 atom stereocenters. The van der Waals surface area contributed by atoms with Crippen LogP contribution in [0.5, 0.6) is 0 Å². The summed E-state index contributed by atoms with van der Waals surface area (Å²) in [7, 11) is -4.51. The Kier molecular flexibility index (Phi) is 3.59. The van der Waals surface area contributed by atoms with Crippen molar-refractivity contribution in [2.75, 3.05) is 5.32 Å². The molecule has 0 aliphatic heterocycles. The van der Waals surface area contributed by atoms with Gasteiger partial charge in [-0.05, 0) is 29.8 Å². The van der Waals surface area contributed by atoms with Crippen molar-refractivity contribution in [1.82, 2.24) is 4.98 Å². The molecular weight excluding hydrogens is 252 g/mol. The molecule has 0 amide bonds. The van der Waals surface area contributed by atoms with Gasteiger partial charge in [0.25, 0.3) is 0 Å². The fourth-order valence-corrected chi connectivity index (χ4v) is 2.32. The maximum Gasteiger partial charge on any atom is 0.143 e. The first kappa shape index (κ1) is 12.5. The number of hydrogen-bond donors (Lipinski definition) is 1. The second-order valence-electron chi connectivity index (χ2n) is 3.66. The predicted octanol–water partition coefficient (Wildman–Crippen LogP) is 1.74. The van der Waals surface area contributed by atoms with Gasteiger partial charge in [-0.1, -0.05) is 18.2 Å². The minimum Gasteiger partial charge on any atom is -0.746 e. The summed E-state index contributed by atoms with van der Waals surface area (Å²) >= 11 is 0. The predicted molar refractivity (Wildman–Crippen MR) is 66.7 cm³/mol. The number of nitrogens with one attached hydrogen (secondary N) is 1. The van der Waals surface area contributed by atoms with Crippen LogP contribution in [0.4, 0.5) is 5.69 Å². The van der Waals surface area contributed by atoms with Crippen LogP contribution in [-0.2, 0) is 10.1 Å². The van der Waals surface area contributed by atoms with Gasteiger partial charge in [-0.3, -0.25) is 4.98 Å². The van der Waals surface area contributed by atoms with Crippen LogP contribution in [0, 0.1) is 0 Å². The molecule has 18 heavy (non-hydrogen) atoms. The van der Waals surface area contributed by atoms with Gasteiger partial charge in [0.15, 0.2) is 0 Å². The van der Waals surface area contributed by atoms with Crippen molar-refractivity contribution in [2.24, 2.45) is 0 Å². The maximum atomic E-state index is 11.3. The molecule has 0 saturated carbocycles. The van der Waals surface area contributed by atoms with E-state index in [-0.39, 0.29) is 0 Å². The minimum absolute atomic E-state index is 0.365. The van der Waals surface area contributed by atoms with E-state index in [0.717, 1.165) is 0 Å². The number of pyridine rings is 1. The Morgan fingerprint density at radius 3 is 2.22 bits per heavy atom. The summed E-state index contributed by atoms with van der Waals surface area (Å²) in [5.41, 5.74) is 0.933. The molecule has 2 rings (SSSR count). The second kappa shape index (κ2) is 5.16. The van der Waals surface area contributed by atoms with E-state index in [1.807, 2.05) is 0 Å². The molecule has 0 fully saturated rings. The van der Waals surface area contributed by atoms with E-state index in [1.165, 1.54) is 24.5 Å². The molecule has 1 aromatic carbocycles. The van der Waals surface area contributed by atoms with Crippen molar-refractivity contribution in [3.05, 3.63) is 60.4 Å². The highest BCUT2D eigenvalue weighted by Gasteiger charge is 2.18. The molecule has 2 aromatic rings. The molecule has 6 heteroatoms. The lowest BCUT2D eigenvalue weighted by Crippen LogP contribution is -2.20. The zero-order valence-electron chi connectivity index (χ0n) is 9.35. The molecule has 1 N–H and O–H groups in total. The van der Waals surface area contributed by atoms with Gasteiger partial charge in [0.05, 0.1) is 0 Å². The lowest BCUT2D eigenvalue weighted by molar-refractivity contribution is 0.454. The first-order valence-corrected chi connectivity index (χ1v) is 6.71. The highest BCUT2D eigenvalue weighted by atomic mass is 32.2. The summed E-state index contributed by atoms with van der Waals surface area (Å²) in [4.78, 5) is 3.79. The van der Waals surface area contributed by atoms with E-state index in [9.17, 15) is 13.0 Å². The first-order valence-electron chi connectivity index (χ1n) is 5.23. The molecule has 5 nitrogen and oxygen atoms in total. The zero-order valence-corrected chi connectivity index (χ0v) is 10.2. The van der Waals surface area contributed by atoms with Crippen molar-refractivity contribution < 1.29 is 13.0 Å². The average Bonchev–Trinajstić information content (AvgIpc) is 2.37. The Morgan fingerprint density at radius 1 is 1.06 bits per heavy atom. The molecule has 0 aliphatic rings. The molecule has 94 valence electrons. The monoisotopic (exact) mass is 263 g/mol. The number of anilines is 1. The smallest absolute Gasteiger partial charge is 0.143 e. The summed E-state index contributed by atoms with van der Waals surface area (Å²) in [6, 6.07) is 11.7. The standard InChI is InChI=1S/C12H12N2O3S/c15-18(16,17)12(10-6-8-13-9-7-10)14-11-4-2-1-3-5-11/h1-9,12,14H,(H,15,16,17)/p-1. The molecule has 1 unspecified atom stereocenters. The summed E-state index contributed by atoms with van der Waals surface area (Å²) in [6.07, 6.45) is 2.89. The fraction of sp³-hybridized carbons (Fsp3) is 0.0833. The number of rotatable bonds is 4. The van der Waals surface area contributed by atoms with Crippen molar-refractivity contribution in [2.45, 2.75) is 5.37 Å². The zero-order chi connectivity index (χ0) is 13.0. The van der Waals surface area contributed by atoms with Gasteiger partial charge in [0.2, 0.25) is 0 Å². The topological polar surface area (TPSA) is 82.1 Å². The second-order valence-corrected chi connectivity index (χ2v) is 5.12. The molecule has 1 heterocycles. The third-order valence-electron chi connectivity index (χ3n) is 2.37.